The number of carbonyl (C=O) groups is 1. The average Bonchev–Trinajstić information content (AvgIpc) is 2.28. The van der Waals surface area contributed by atoms with Crippen molar-refractivity contribution in [3.05, 3.63) is 41.5 Å². The number of carbonyl (C=O) groups excluding carboxylic acids is 1. The van der Waals surface area contributed by atoms with E-state index in [4.69, 9.17) is 4.74 Å². The van der Waals surface area contributed by atoms with Crippen LogP contribution < -0.4 is 0 Å². The van der Waals surface area contributed by atoms with Crippen molar-refractivity contribution in [1.82, 2.24) is 0 Å². The maximum absolute atomic E-state index is 11.3. The molecule has 1 unspecified atom stereocenters. The van der Waals surface area contributed by atoms with Crippen molar-refractivity contribution in [3.63, 3.8) is 0 Å². The van der Waals surface area contributed by atoms with Gasteiger partial charge in [-0.1, -0.05) is 36.4 Å². The minimum absolute atomic E-state index is 0.199. The van der Waals surface area contributed by atoms with Crippen LogP contribution in [-0.2, 0) is 9.53 Å². The number of ether oxygens (including phenoxy) is 1. The van der Waals surface area contributed by atoms with Crippen LogP contribution in [0.5, 0.6) is 0 Å². The summed E-state index contributed by atoms with van der Waals surface area (Å²) in [6.07, 6.45) is 4.01. The lowest BCUT2D eigenvalue weighted by atomic mass is 10.00. The topological polar surface area (TPSA) is 26.3 Å². The van der Waals surface area contributed by atoms with Gasteiger partial charge in [0.2, 0.25) is 0 Å². The minimum Gasteiger partial charge on any atom is -0.469 e. The molecule has 0 aliphatic heterocycles. The number of methoxy groups -OCH3 is 1. The Morgan fingerprint density at radius 3 is 2.40 bits per heavy atom. The monoisotopic (exact) mass is 204 g/mol. The second-order valence-electron chi connectivity index (χ2n) is 3.41. The smallest absolute Gasteiger partial charge is 0.312 e. The third kappa shape index (κ3) is 2.94. The van der Waals surface area contributed by atoms with Crippen LogP contribution in [-0.4, -0.2) is 13.1 Å². The average molecular weight is 204 g/mol. The van der Waals surface area contributed by atoms with Crippen LogP contribution in [0, 0.1) is 0 Å². The molecule has 1 atom stereocenters. The van der Waals surface area contributed by atoms with Gasteiger partial charge in [0, 0.05) is 0 Å². The van der Waals surface area contributed by atoms with Crippen molar-refractivity contribution >= 4 is 12.0 Å². The number of benzene rings is 1. The Morgan fingerprint density at radius 2 is 1.93 bits per heavy atom. The zero-order valence-corrected chi connectivity index (χ0v) is 9.36. The van der Waals surface area contributed by atoms with Gasteiger partial charge in [-0.15, -0.1) is 0 Å². The van der Waals surface area contributed by atoms with Crippen LogP contribution >= 0.6 is 0 Å². The third-order valence-electron chi connectivity index (χ3n) is 2.35. The summed E-state index contributed by atoms with van der Waals surface area (Å²) in [6, 6.07) is 7.90. The molecule has 80 valence electrons. The van der Waals surface area contributed by atoms with Crippen molar-refractivity contribution in [2.24, 2.45) is 0 Å². The first-order valence-corrected chi connectivity index (χ1v) is 4.99. The summed E-state index contributed by atoms with van der Waals surface area (Å²) in [7, 11) is 1.41. The van der Waals surface area contributed by atoms with Crippen molar-refractivity contribution < 1.29 is 9.53 Å². The van der Waals surface area contributed by atoms with Crippen LogP contribution in [0.15, 0.2) is 30.3 Å². The molecule has 0 aliphatic rings. The predicted octanol–water partition coefficient (Wildman–Crippen LogP) is 3.00. The summed E-state index contributed by atoms with van der Waals surface area (Å²) in [4.78, 5) is 11.3. The summed E-state index contributed by atoms with van der Waals surface area (Å²) in [5.41, 5.74) is 2.12. The van der Waals surface area contributed by atoms with Gasteiger partial charge in [0.05, 0.1) is 13.0 Å². The fourth-order valence-electron chi connectivity index (χ4n) is 1.40. The third-order valence-corrected chi connectivity index (χ3v) is 2.35. The molecule has 0 heterocycles. The fourth-order valence-corrected chi connectivity index (χ4v) is 1.40. The van der Waals surface area contributed by atoms with Crippen LogP contribution in [0.2, 0.25) is 0 Å². The second-order valence-corrected chi connectivity index (χ2v) is 3.41. The molecule has 1 aromatic carbocycles. The first kappa shape index (κ1) is 11.5. The highest BCUT2D eigenvalue weighted by molar-refractivity contribution is 5.77. The van der Waals surface area contributed by atoms with E-state index in [9.17, 15) is 4.79 Å². The Bertz CT molecular complexity index is 349. The van der Waals surface area contributed by atoms with E-state index in [0.717, 1.165) is 11.1 Å². The molecule has 15 heavy (non-hydrogen) atoms. The molecule has 0 fully saturated rings. The molecule has 2 nitrogen and oxygen atoms in total. The highest BCUT2D eigenvalue weighted by atomic mass is 16.5. The fraction of sp³-hybridized carbons (Fsp3) is 0.308. The SMILES string of the molecule is CC=Cc1ccc(C(C)C(=O)OC)cc1. The molecule has 0 spiro atoms. The van der Waals surface area contributed by atoms with E-state index in [1.165, 1.54) is 7.11 Å². The Hall–Kier alpha value is -1.57. The lowest BCUT2D eigenvalue weighted by molar-refractivity contribution is -0.141. The van der Waals surface area contributed by atoms with E-state index < -0.39 is 0 Å². The van der Waals surface area contributed by atoms with E-state index in [-0.39, 0.29) is 11.9 Å². The van der Waals surface area contributed by atoms with Gasteiger partial charge in [-0.25, -0.2) is 0 Å². The lowest BCUT2D eigenvalue weighted by Crippen LogP contribution is -2.10. The molecule has 0 N–H and O–H groups in total. The Morgan fingerprint density at radius 1 is 1.33 bits per heavy atom. The van der Waals surface area contributed by atoms with Gasteiger partial charge < -0.3 is 4.74 Å². The van der Waals surface area contributed by atoms with E-state index >= 15 is 0 Å². The molecular formula is C13H16O2. The van der Waals surface area contributed by atoms with Crippen LogP contribution in [0.3, 0.4) is 0 Å². The number of hydrogen-bond donors (Lipinski definition) is 0. The van der Waals surface area contributed by atoms with E-state index in [1.807, 2.05) is 50.3 Å². The second kappa shape index (κ2) is 5.35. The Labute approximate surface area is 90.6 Å². The highest BCUT2D eigenvalue weighted by Gasteiger charge is 2.14. The first-order chi connectivity index (χ1) is 7.19. The number of hydrogen-bond acceptors (Lipinski definition) is 2. The quantitative estimate of drug-likeness (QED) is 0.707. The van der Waals surface area contributed by atoms with Crippen molar-refractivity contribution in [2.75, 3.05) is 7.11 Å². The van der Waals surface area contributed by atoms with Gasteiger partial charge in [0.1, 0.15) is 0 Å². The lowest BCUT2D eigenvalue weighted by Gasteiger charge is -2.09. The van der Waals surface area contributed by atoms with Crippen LogP contribution in [0.25, 0.3) is 6.08 Å². The summed E-state index contributed by atoms with van der Waals surface area (Å²) in [5, 5.41) is 0. The first-order valence-electron chi connectivity index (χ1n) is 4.99. The Kier molecular flexibility index (Phi) is 4.10. The van der Waals surface area contributed by atoms with Gasteiger partial charge in [0.25, 0.3) is 0 Å². The predicted molar refractivity (Wildman–Crippen MR) is 61.6 cm³/mol. The molecule has 0 amide bonds. The number of rotatable bonds is 3. The molecule has 0 aromatic heterocycles. The maximum atomic E-state index is 11.3. The van der Waals surface area contributed by atoms with Gasteiger partial charge in [-0.3, -0.25) is 4.79 Å². The molecule has 0 radical (unpaired) electrons. The zero-order chi connectivity index (χ0) is 11.3. The molecule has 0 bridgehead atoms. The number of allylic oxidation sites excluding steroid dienone is 1. The molecular weight excluding hydrogens is 188 g/mol. The van der Waals surface area contributed by atoms with Gasteiger partial charge >= 0.3 is 5.97 Å². The maximum Gasteiger partial charge on any atom is 0.312 e. The molecule has 0 saturated heterocycles. The molecule has 2 heteroatoms. The molecule has 1 rings (SSSR count). The summed E-state index contributed by atoms with van der Waals surface area (Å²) in [6.45, 7) is 3.82. The number of esters is 1. The summed E-state index contributed by atoms with van der Waals surface area (Å²) in [5.74, 6) is -0.400. The molecule has 1 aromatic rings. The van der Waals surface area contributed by atoms with Gasteiger partial charge in [-0.05, 0) is 25.0 Å². The van der Waals surface area contributed by atoms with Crippen molar-refractivity contribution in [2.45, 2.75) is 19.8 Å². The summed E-state index contributed by atoms with van der Waals surface area (Å²) >= 11 is 0. The van der Waals surface area contributed by atoms with Crippen molar-refractivity contribution in [3.8, 4) is 0 Å². The van der Waals surface area contributed by atoms with Gasteiger partial charge in [0.15, 0.2) is 0 Å². The van der Waals surface area contributed by atoms with E-state index in [0.29, 0.717) is 0 Å². The molecule has 0 aliphatic carbocycles. The standard InChI is InChI=1S/C13H16O2/c1-4-5-11-6-8-12(9-7-11)10(2)13(14)15-3/h4-10H,1-3H3. The highest BCUT2D eigenvalue weighted by Crippen LogP contribution is 2.17. The zero-order valence-electron chi connectivity index (χ0n) is 9.36. The van der Waals surface area contributed by atoms with E-state index in [2.05, 4.69) is 0 Å². The van der Waals surface area contributed by atoms with Crippen molar-refractivity contribution in [1.29, 1.82) is 0 Å². The van der Waals surface area contributed by atoms with E-state index in [1.54, 1.807) is 0 Å². The molecule has 0 saturated carbocycles. The summed E-state index contributed by atoms with van der Waals surface area (Å²) < 4.78 is 4.69. The largest absolute Gasteiger partial charge is 0.469 e. The Balaban J connectivity index is 2.84. The normalized spacial score (nSPS) is 12.7. The van der Waals surface area contributed by atoms with Gasteiger partial charge in [-0.2, -0.15) is 0 Å². The minimum atomic E-state index is -0.200. The van der Waals surface area contributed by atoms with Crippen LogP contribution in [0.1, 0.15) is 30.9 Å². The van der Waals surface area contributed by atoms with Crippen LogP contribution in [0.4, 0.5) is 0 Å².